The minimum atomic E-state index is -3.89. The Hall–Kier alpha value is -1.44. The van der Waals surface area contributed by atoms with E-state index in [1.54, 1.807) is 12.1 Å². The zero-order chi connectivity index (χ0) is 15.7. The SMILES string of the molecule is Cc1ccc(S(=O)(=O)NC2(C(=O)O)CCOCC2)cc1C. The molecule has 1 fully saturated rings. The van der Waals surface area contributed by atoms with Crippen LogP contribution in [0.3, 0.4) is 0 Å². The maximum atomic E-state index is 12.5. The lowest BCUT2D eigenvalue weighted by molar-refractivity contribution is -0.147. The molecule has 7 heteroatoms. The molecule has 0 amide bonds. The van der Waals surface area contributed by atoms with Gasteiger partial charge in [0.25, 0.3) is 0 Å². The van der Waals surface area contributed by atoms with Crippen LogP contribution in [0.4, 0.5) is 0 Å². The Morgan fingerprint density at radius 3 is 2.38 bits per heavy atom. The van der Waals surface area contributed by atoms with Crippen LogP contribution in [-0.4, -0.2) is 38.2 Å². The molecule has 1 aliphatic rings. The Labute approximate surface area is 124 Å². The van der Waals surface area contributed by atoms with Gasteiger partial charge in [-0.1, -0.05) is 6.07 Å². The first-order chi connectivity index (χ1) is 9.77. The van der Waals surface area contributed by atoms with Gasteiger partial charge in [-0.25, -0.2) is 8.42 Å². The number of rotatable bonds is 4. The number of aliphatic carboxylic acids is 1. The predicted molar refractivity (Wildman–Crippen MR) is 76.7 cm³/mol. The lowest BCUT2D eigenvalue weighted by Crippen LogP contribution is -2.57. The third-order valence-corrected chi connectivity index (χ3v) is 5.41. The van der Waals surface area contributed by atoms with Gasteiger partial charge in [-0.15, -0.1) is 0 Å². The molecular formula is C14H19NO5S. The summed E-state index contributed by atoms with van der Waals surface area (Å²) in [4.78, 5) is 11.6. The molecule has 0 aliphatic carbocycles. The quantitative estimate of drug-likeness (QED) is 0.872. The highest BCUT2D eigenvalue weighted by Crippen LogP contribution is 2.25. The van der Waals surface area contributed by atoms with Gasteiger partial charge >= 0.3 is 5.97 Å². The second kappa shape index (κ2) is 5.75. The van der Waals surface area contributed by atoms with E-state index < -0.39 is 21.5 Å². The number of sulfonamides is 1. The molecule has 0 spiro atoms. The van der Waals surface area contributed by atoms with Gasteiger partial charge in [-0.3, -0.25) is 4.79 Å². The van der Waals surface area contributed by atoms with Crippen molar-refractivity contribution < 1.29 is 23.1 Å². The molecule has 1 heterocycles. The molecule has 0 radical (unpaired) electrons. The van der Waals surface area contributed by atoms with Gasteiger partial charge in [-0.2, -0.15) is 4.72 Å². The standard InChI is InChI=1S/C14H19NO5S/c1-10-3-4-12(9-11(10)2)21(18,19)15-14(13(16)17)5-7-20-8-6-14/h3-4,9,15H,5-8H2,1-2H3,(H,16,17). The fourth-order valence-electron chi connectivity index (χ4n) is 2.28. The zero-order valence-corrected chi connectivity index (χ0v) is 12.9. The third-order valence-electron chi connectivity index (χ3n) is 3.87. The number of ether oxygens (including phenoxy) is 1. The molecule has 0 saturated carbocycles. The normalized spacial score (nSPS) is 18.4. The molecule has 0 bridgehead atoms. The summed E-state index contributed by atoms with van der Waals surface area (Å²) in [6, 6.07) is 4.74. The van der Waals surface area contributed by atoms with Crippen LogP contribution in [0.25, 0.3) is 0 Å². The van der Waals surface area contributed by atoms with Crippen molar-refractivity contribution in [2.45, 2.75) is 37.1 Å². The van der Waals surface area contributed by atoms with E-state index in [0.29, 0.717) is 0 Å². The Morgan fingerprint density at radius 2 is 1.86 bits per heavy atom. The van der Waals surface area contributed by atoms with Crippen LogP contribution in [0.2, 0.25) is 0 Å². The van der Waals surface area contributed by atoms with Crippen molar-refractivity contribution in [3.8, 4) is 0 Å². The first kappa shape index (κ1) is 15.9. The van der Waals surface area contributed by atoms with E-state index in [9.17, 15) is 18.3 Å². The highest BCUT2D eigenvalue weighted by atomic mass is 32.2. The highest BCUT2D eigenvalue weighted by molar-refractivity contribution is 7.89. The van der Waals surface area contributed by atoms with Gasteiger partial charge in [0.2, 0.25) is 10.0 Å². The number of carbonyl (C=O) groups is 1. The number of benzene rings is 1. The van der Waals surface area contributed by atoms with Gasteiger partial charge in [0.15, 0.2) is 0 Å². The fourth-order valence-corrected chi connectivity index (χ4v) is 3.78. The second-order valence-corrected chi connectivity index (χ2v) is 7.03. The molecule has 0 atom stereocenters. The number of aryl methyl sites for hydroxylation is 2. The Bertz CT molecular complexity index is 647. The van der Waals surface area contributed by atoms with Crippen molar-refractivity contribution in [1.29, 1.82) is 0 Å². The molecule has 1 aliphatic heterocycles. The Morgan fingerprint density at radius 1 is 1.24 bits per heavy atom. The average molecular weight is 313 g/mol. The second-order valence-electron chi connectivity index (χ2n) is 5.35. The van der Waals surface area contributed by atoms with Gasteiger partial charge in [0.05, 0.1) is 4.90 Å². The van der Waals surface area contributed by atoms with E-state index in [-0.39, 0.29) is 31.0 Å². The van der Waals surface area contributed by atoms with E-state index in [2.05, 4.69) is 4.72 Å². The van der Waals surface area contributed by atoms with Crippen LogP contribution in [0, 0.1) is 13.8 Å². The maximum Gasteiger partial charge on any atom is 0.325 e. The first-order valence-corrected chi connectivity index (χ1v) is 8.17. The molecule has 1 aromatic carbocycles. The topological polar surface area (TPSA) is 92.7 Å². The van der Waals surface area contributed by atoms with Crippen molar-refractivity contribution in [1.82, 2.24) is 4.72 Å². The Kier molecular flexibility index (Phi) is 4.36. The van der Waals surface area contributed by atoms with E-state index in [4.69, 9.17) is 4.74 Å². The average Bonchev–Trinajstić information content (AvgIpc) is 2.42. The monoisotopic (exact) mass is 313 g/mol. The number of hydrogen-bond donors (Lipinski definition) is 2. The van der Waals surface area contributed by atoms with E-state index >= 15 is 0 Å². The smallest absolute Gasteiger partial charge is 0.325 e. The molecule has 2 N–H and O–H groups in total. The molecule has 21 heavy (non-hydrogen) atoms. The van der Waals surface area contributed by atoms with Crippen molar-refractivity contribution in [3.63, 3.8) is 0 Å². The molecule has 2 rings (SSSR count). The van der Waals surface area contributed by atoms with Gasteiger partial charge in [-0.05, 0) is 37.1 Å². The molecular weight excluding hydrogens is 294 g/mol. The largest absolute Gasteiger partial charge is 0.480 e. The number of carboxylic acids is 1. The van der Waals surface area contributed by atoms with Crippen LogP contribution in [0.5, 0.6) is 0 Å². The van der Waals surface area contributed by atoms with Gasteiger partial charge in [0, 0.05) is 26.1 Å². The van der Waals surface area contributed by atoms with E-state index in [1.807, 2.05) is 13.8 Å². The number of hydrogen-bond acceptors (Lipinski definition) is 4. The summed E-state index contributed by atoms with van der Waals surface area (Å²) in [7, 11) is -3.89. The molecule has 0 aromatic heterocycles. The molecule has 116 valence electrons. The summed E-state index contributed by atoms with van der Waals surface area (Å²) in [6.45, 7) is 4.15. The molecule has 1 aromatic rings. The third kappa shape index (κ3) is 3.25. The molecule has 1 saturated heterocycles. The number of nitrogens with one attached hydrogen (secondary N) is 1. The van der Waals surface area contributed by atoms with Crippen molar-refractivity contribution in [2.24, 2.45) is 0 Å². The summed E-state index contributed by atoms with van der Waals surface area (Å²) in [5, 5.41) is 9.42. The van der Waals surface area contributed by atoms with Crippen molar-refractivity contribution >= 4 is 16.0 Å². The summed E-state index contributed by atoms with van der Waals surface area (Å²) >= 11 is 0. The van der Waals surface area contributed by atoms with Crippen LogP contribution >= 0.6 is 0 Å². The van der Waals surface area contributed by atoms with E-state index in [0.717, 1.165) is 11.1 Å². The minimum absolute atomic E-state index is 0.0812. The summed E-state index contributed by atoms with van der Waals surface area (Å²) in [6.07, 6.45) is 0.235. The summed E-state index contributed by atoms with van der Waals surface area (Å²) < 4.78 is 32.4. The fraction of sp³-hybridized carbons (Fsp3) is 0.500. The van der Waals surface area contributed by atoms with Crippen molar-refractivity contribution in [3.05, 3.63) is 29.3 Å². The van der Waals surface area contributed by atoms with Crippen LogP contribution in [0.1, 0.15) is 24.0 Å². The first-order valence-electron chi connectivity index (χ1n) is 6.69. The lowest BCUT2D eigenvalue weighted by atomic mass is 9.92. The zero-order valence-electron chi connectivity index (χ0n) is 12.0. The highest BCUT2D eigenvalue weighted by Gasteiger charge is 2.43. The predicted octanol–water partition coefficient (Wildman–Crippen LogP) is 1.22. The number of carboxylic acid groups (broad SMARTS) is 1. The van der Waals surface area contributed by atoms with E-state index in [1.165, 1.54) is 6.07 Å². The molecule has 6 nitrogen and oxygen atoms in total. The lowest BCUT2D eigenvalue weighted by Gasteiger charge is -2.33. The van der Waals surface area contributed by atoms with Gasteiger partial charge in [0.1, 0.15) is 5.54 Å². The Balaban J connectivity index is 2.34. The molecule has 0 unspecified atom stereocenters. The van der Waals surface area contributed by atoms with Crippen LogP contribution < -0.4 is 4.72 Å². The summed E-state index contributed by atoms with van der Waals surface area (Å²) in [5.41, 5.74) is 0.331. The van der Waals surface area contributed by atoms with Crippen LogP contribution in [-0.2, 0) is 19.6 Å². The minimum Gasteiger partial charge on any atom is -0.480 e. The summed E-state index contributed by atoms with van der Waals surface area (Å²) in [5.74, 6) is -1.17. The maximum absolute atomic E-state index is 12.5. The van der Waals surface area contributed by atoms with Crippen molar-refractivity contribution in [2.75, 3.05) is 13.2 Å². The van der Waals surface area contributed by atoms with Crippen LogP contribution in [0.15, 0.2) is 23.1 Å². The van der Waals surface area contributed by atoms with Gasteiger partial charge < -0.3 is 9.84 Å².